The van der Waals surface area contributed by atoms with Crippen molar-refractivity contribution in [3.63, 3.8) is 0 Å². The average molecular weight is 944 g/mol. The first-order chi connectivity index (χ1) is 31.4. The molecule has 0 radical (unpaired) electrons. The third kappa shape index (κ3) is 22.8. The summed E-state index contributed by atoms with van der Waals surface area (Å²) in [7, 11) is 0. The van der Waals surface area contributed by atoms with Crippen LogP contribution in [0.2, 0.25) is 0 Å². The van der Waals surface area contributed by atoms with Crippen LogP contribution >= 0.6 is 0 Å². The molecule has 376 valence electrons. The minimum absolute atomic E-state index is 0.0929. The monoisotopic (exact) mass is 944 g/mol. The molecule has 3 atom stereocenters. The number of rotatable bonds is 22. The molecule has 0 N–H and O–H groups in total. The molecule has 0 aliphatic carbocycles. The fraction of sp³-hybridized carbons (Fsp3) is 0.582. The highest BCUT2D eigenvalue weighted by Gasteiger charge is 2.38. The molecule has 0 bridgehead atoms. The molecule has 68 heavy (non-hydrogen) atoms. The summed E-state index contributed by atoms with van der Waals surface area (Å²) in [4.78, 5) is 76.5. The molecular formula is C55H81N3O10. The van der Waals surface area contributed by atoms with Crippen LogP contribution in [0, 0.1) is 0 Å². The van der Waals surface area contributed by atoms with Gasteiger partial charge >= 0.3 is 29.8 Å². The Bertz CT molecular complexity index is 1930. The number of carbonyl (C=O) groups excluding carboxylic acids is 5. The summed E-state index contributed by atoms with van der Waals surface area (Å²) in [5.41, 5.74) is -1.56. The molecule has 0 amide bonds. The first-order valence-electron chi connectivity index (χ1n) is 23.8. The fourth-order valence-corrected chi connectivity index (χ4v) is 7.41. The Labute approximate surface area is 407 Å². The maximum absolute atomic E-state index is 14.7. The Morgan fingerprint density at radius 3 is 0.809 bits per heavy atom. The zero-order chi connectivity index (χ0) is 51.1. The standard InChI is InChI=1S/C55H81N3O10/c1-51(2,3)64-46(59)38-57(44(49(62)67-54(10,11)12)36-41-27-21-17-22-28-41)33-31-56(43(48(61)66-53(7,8)9)35-40-25-19-16-20-26-40)32-34-58(39-47(60)65-52(4,5)6)45(50(63)68-55(13,14)15)37-42-29-23-18-24-30-42/h16-30,43-45H,31-39H2,1-15H3/t43-,44-,45-/m0/s1. The van der Waals surface area contributed by atoms with E-state index < -0.39 is 76.0 Å². The highest BCUT2D eigenvalue weighted by molar-refractivity contribution is 5.80. The maximum atomic E-state index is 14.7. The molecule has 0 spiro atoms. The van der Waals surface area contributed by atoms with Gasteiger partial charge in [0.15, 0.2) is 0 Å². The summed E-state index contributed by atoms with van der Waals surface area (Å²) in [5, 5.41) is 0. The highest BCUT2D eigenvalue weighted by atomic mass is 16.6. The fourth-order valence-electron chi connectivity index (χ4n) is 7.41. The normalized spacial score (nSPS) is 14.0. The Hall–Kier alpha value is -5.11. The lowest BCUT2D eigenvalue weighted by atomic mass is 10.0. The SMILES string of the molecule is CC(C)(C)OC(=O)CN(CCN(CCN(CC(=O)OC(C)(C)C)[C@@H](Cc1ccccc1)C(=O)OC(C)(C)C)[C@@H](Cc1ccccc1)C(=O)OC(C)(C)C)[C@@H](Cc1ccccc1)C(=O)OC(C)(C)C. The summed E-state index contributed by atoms with van der Waals surface area (Å²) in [6.45, 7) is 26.8. The van der Waals surface area contributed by atoms with Crippen molar-refractivity contribution >= 4 is 29.8 Å². The molecule has 0 saturated carbocycles. The third-order valence-corrected chi connectivity index (χ3v) is 10.0. The van der Waals surface area contributed by atoms with Crippen LogP contribution in [0.25, 0.3) is 0 Å². The molecule has 0 saturated heterocycles. The zero-order valence-electron chi connectivity index (χ0n) is 43.7. The molecule has 0 heterocycles. The van der Waals surface area contributed by atoms with E-state index in [1.165, 1.54) is 0 Å². The summed E-state index contributed by atoms with van der Waals surface area (Å²) in [6.07, 6.45) is 0.685. The number of benzene rings is 3. The van der Waals surface area contributed by atoms with E-state index in [4.69, 9.17) is 23.7 Å². The second-order valence-electron chi connectivity index (χ2n) is 22.4. The van der Waals surface area contributed by atoms with Gasteiger partial charge in [0, 0.05) is 26.2 Å². The number of ether oxygens (including phenoxy) is 5. The Kier molecular flexibility index (Phi) is 21.0. The molecular weight excluding hydrogens is 863 g/mol. The molecule has 3 aromatic rings. The molecule has 13 heteroatoms. The third-order valence-electron chi connectivity index (χ3n) is 10.0. The Morgan fingerprint density at radius 2 is 0.574 bits per heavy atom. The predicted octanol–water partition coefficient (Wildman–Crippen LogP) is 8.43. The van der Waals surface area contributed by atoms with Crippen molar-refractivity contribution in [3.8, 4) is 0 Å². The molecule has 0 unspecified atom stereocenters. The van der Waals surface area contributed by atoms with Gasteiger partial charge in [-0.25, -0.2) is 0 Å². The van der Waals surface area contributed by atoms with Crippen molar-refractivity contribution in [1.29, 1.82) is 0 Å². The smallest absolute Gasteiger partial charge is 0.324 e. The van der Waals surface area contributed by atoms with Crippen LogP contribution < -0.4 is 0 Å². The van der Waals surface area contributed by atoms with Gasteiger partial charge < -0.3 is 23.7 Å². The van der Waals surface area contributed by atoms with Crippen LogP contribution in [0.15, 0.2) is 91.0 Å². The van der Waals surface area contributed by atoms with Gasteiger partial charge in [0.2, 0.25) is 0 Å². The highest BCUT2D eigenvalue weighted by Crippen LogP contribution is 2.22. The summed E-state index contributed by atoms with van der Waals surface area (Å²) in [5.74, 6) is -2.60. The average Bonchev–Trinajstić information content (AvgIpc) is 3.18. The van der Waals surface area contributed by atoms with E-state index in [1.54, 1.807) is 92.9 Å². The second-order valence-corrected chi connectivity index (χ2v) is 22.4. The Morgan fingerprint density at radius 1 is 0.353 bits per heavy atom. The van der Waals surface area contributed by atoms with Crippen molar-refractivity contribution in [2.24, 2.45) is 0 Å². The summed E-state index contributed by atoms with van der Waals surface area (Å²) < 4.78 is 29.9. The van der Waals surface area contributed by atoms with Crippen molar-refractivity contribution in [2.75, 3.05) is 39.3 Å². The molecule has 0 aromatic heterocycles. The lowest BCUT2D eigenvalue weighted by Crippen LogP contribution is -2.55. The van der Waals surface area contributed by atoms with E-state index in [0.717, 1.165) is 16.7 Å². The number of nitrogens with zero attached hydrogens (tertiary/aromatic N) is 3. The molecule has 0 aliphatic rings. The van der Waals surface area contributed by atoms with Crippen LogP contribution in [0.3, 0.4) is 0 Å². The van der Waals surface area contributed by atoms with Gasteiger partial charge in [0.1, 0.15) is 46.1 Å². The van der Waals surface area contributed by atoms with E-state index in [-0.39, 0.29) is 58.5 Å². The van der Waals surface area contributed by atoms with E-state index in [9.17, 15) is 24.0 Å². The van der Waals surface area contributed by atoms with Gasteiger partial charge in [-0.05, 0) is 140 Å². The first-order valence-corrected chi connectivity index (χ1v) is 23.8. The van der Waals surface area contributed by atoms with E-state index >= 15 is 0 Å². The number of esters is 5. The topological polar surface area (TPSA) is 141 Å². The molecule has 13 nitrogen and oxygen atoms in total. The van der Waals surface area contributed by atoms with E-state index in [2.05, 4.69) is 0 Å². The zero-order valence-corrected chi connectivity index (χ0v) is 43.7. The minimum atomic E-state index is -0.939. The number of carbonyl (C=O) groups is 5. The van der Waals surface area contributed by atoms with Crippen LogP contribution in [0.5, 0.6) is 0 Å². The van der Waals surface area contributed by atoms with Gasteiger partial charge in [-0.3, -0.25) is 38.7 Å². The van der Waals surface area contributed by atoms with Crippen LogP contribution in [-0.2, 0) is 66.9 Å². The largest absolute Gasteiger partial charge is 0.459 e. The number of hydrogen-bond acceptors (Lipinski definition) is 13. The molecule has 3 rings (SSSR count). The second kappa shape index (κ2) is 25.0. The van der Waals surface area contributed by atoms with Crippen molar-refractivity contribution in [2.45, 2.75) is 169 Å². The van der Waals surface area contributed by atoms with Crippen LogP contribution in [0.4, 0.5) is 0 Å². The summed E-state index contributed by atoms with van der Waals surface area (Å²) in [6, 6.07) is 25.8. The van der Waals surface area contributed by atoms with Crippen LogP contribution in [0.1, 0.15) is 121 Å². The number of hydrogen-bond donors (Lipinski definition) is 0. The van der Waals surface area contributed by atoms with Gasteiger partial charge in [-0.15, -0.1) is 0 Å². The Balaban J connectivity index is 2.27. The lowest BCUT2D eigenvalue weighted by molar-refractivity contribution is -0.167. The summed E-state index contributed by atoms with van der Waals surface area (Å²) >= 11 is 0. The van der Waals surface area contributed by atoms with Crippen molar-refractivity contribution < 1.29 is 47.7 Å². The van der Waals surface area contributed by atoms with E-state index in [1.807, 2.05) is 117 Å². The van der Waals surface area contributed by atoms with Gasteiger partial charge in [-0.1, -0.05) is 91.0 Å². The molecule has 0 fully saturated rings. The maximum Gasteiger partial charge on any atom is 0.324 e. The first kappa shape index (κ1) is 57.2. The molecule has 0 aliphatic heterocycles. The van der Waals surface area contributed by atoms with Crippen LogP contribution in [-0.4, -0.2) is 130 Å². The minimum Gasteiger partial charge on any atom is -0.459 e. The van der Waals surface area contributed by atoms with Gasteiger partial charge in [0.05, 0.1) is 13.1 Å². The quantitative estimate of drug-likeness (QED) is 0.0704. The van der Waals surface area contributed by atoms with Gasteiger partial charge in [-0.2, -0.15) is 0 Å². The molecule has 3 aromatic carbocycles. The predicted molar refractivity (Wildman–Crippen MR) is 266 cm³/mol. The van der Waals surface area contributed by atoms with Crippen molar-refractivity contribution in [1.82, 2.24) is 14.7 Å². The lowest BCUT2D eigenvalue weighted by Gasteiger charge is -2.38. The van der Waals surface area contributed by atoms with Crippen molar-refractivity contribution in [3.05, 3.63) is 108 Å². The van der Waals surface area contributed by atoms with E-state index in [0.29, 0.717) is 0 Å². The van der Waals surface area contributed by atoms with Gasteiger partial charge in [0.25, 0.3) is 0 Å².